The number of nitrogens with one attached hydrogen (secondary N) is 2. The van der Waals surface area contributed by atoms with Crippen molar-refractivity contribution < 1.29 is 4.79 Å². The van der Waals surface area contributed by atoms with E-state index < -0.39 is 0 Å². The molecule has 0 spiro atoms. The number of carbonyl (C=O) groups is 1. The van der Waals surface area contributed by atoms with Gasteiger partial charge in [0.2, 0.25) is 5.91 Å². The van der Waals surface area contributed by atoms with E-state index in [2.05, 4.69) is 16.7 Å². The van der Waals surface area contributed by atoms with Crippen molar-refractivity contribution in [2.24, 2.45) is 5.92 Å². The molecule has 112 valence electrons. The number of hydrogen-bond acceptors (Lipinski definition) is 3. The summed E-state index contributed by atoms with van der Waals surface area (Å²) < 4.78 is 0. The van der Waals surface area contributed by atoms with E-state index in [4.69, 9.17) is 5.26 Å². The van der Waals surface area contributed by atoms with E-state index in [0.717, 1.165) is 17.1 Å². The lowest BCUT2D eigenvalue weighted by molar-refractivity contribution is -0.116. The van der Waals surface area contributed by atoms with Crippen LogP contribution in [0.1, 0.15) is 25.8 Å². The zero-order chi connectivity index (χ0) is 15.9. The summed E-state index contributed by atoms with van der Waals surface area (Å²) >= 11 is 0. The van der Waals surface area contributed by atoms with Gasteiger partial charge in [0.05, 0.1) is 11.3 Å². The SMILES string of the molecule is CC(C)CC(=O)Nc1ccc(Nc2ccccc2C#N)cc1. The van der Waals surface area contributed by atoms with Gasteiger partial charge in [0.15, 0.2) is 0 Å². The Morgan fingerprint density at radius 1 is 1.09 bits per heavy atom. The van der Waals surface area contributed by atoms with Gasteiger partial charge in [0.25, 0.3) is 0 Å². The summed E-state index contributed by atoms with van der Waals surface area (Å²) in [7, 11) is 0. The lowest BCUT2D eigenvalue weighted by atomic mass is 10.1. The number of hydrogen-bond donors (Lipinski definition) is 2. The van der Waals surface area contributed by atoms with Gasteiger partial charge < -0.3 is 10.6 Å². The van der Waals surface area contributed by atoms with E-state index in [0.29, 0.717) is 17.9 Å². The van der Waals surface area contributed by atoms with Crippen molar-refractivity contribution >= 4 is 23.0 Å². The topological polar surface area (TPSA) is 64.9 Å². The second-order valence-corrected chi connectivity index (χ2v) is 5.51. The summed E-state index contributed by atoms with van der Waals surface area (Å²) in [5.74, 6) is 0.356. The van der Waals surface area contributed by atoms with Crippen LogP contribution >= 0.6 is 0 Å². The Kier molecular flexibility index (Phi) is 5.16. The minimum atomic E-state index is 0.0190. The van der Waals surface area contributed by atoms with Crippen LogP contribution in [0.25, 0.3) is 0 Å². The van der Waals surface area contributed by atoms with Crippen molar-refractivity contribution in [2.45, 2.75) is 20.3 Å². The number of amides is 1. The molecule has 2 rings (SSSR count). The molecule has 2 N–H and O–H groups in total. The maximum absolute atomic E-state index is 11.7. The number of benzene rings is 2. The quantitative estimate of drug-likeness (QED) is 0.864. The molecule has 4 nitrogen and oxygen atoms in total. The average Bonchev–Trinajstić information content (AvgIpc) is 2.49. The molecule has 0 unspecified atom stereocenters. The number of nitrogens with zero attached hydrogens (tertiary/aromatic N) is 1. The van der Waals surface area contributed by atoms with Crippen LogP contribution in [0, 0.1) is 17.2 Å². The van der Waals surface area contributed by atoms with Gasteiger partial charge in [0.1, 0.15) is 6.07 Å². The number of anilines is 3. The summed E-state index contributed by atoms with van der Waals surface area (Å²) in [4.78, 5) is 11.7. The highest BCUT2D eigenvalue weighted by atomic mass is 16.1. The van der Waals surface area contributed by atoms with Crippen LogP contribution in [0.5, 0.6) is 0 Å². The van der Waals surface area contributed by atoms with Crippen molar-refractivity contribution in [1.82, 2.24) is 0 Å². The van der Waals surface area contributed by atoms with E-state index in [1.54, 1.807) is 6.07 Å². The van der Waals surface area contributed by atoms with Crippen LogP contribution in [0.2, 0.25) is 0 Å². The van der Waals surface area contributed by atoms with E-state index in [-0.39, 0.29) is 5.91 Å². The van der Waals surface area contributed by atoms with Crippen molar-refractivity contribution in [3.05, 3.63) is 54.1 Å². The Morgan fingerprint density at radius 3 is 2.36 bits per heavy atom. The second kappa shape index (κ2) is 7.28. The van der Waals surface area contributed by atoms with Gasteiger partial charge in [-0.2, -0.15) is 5.26 Å². The largest absolute Gasteiger partial charge is 0.354 e. The van der Waals surface area contributed by atoms with Crippen LogP contribution in [0.15, 0.2) is 48.5 Å². The molecule has 0 heterocycles. The summed E-state index contributed by atoms with van der Waals surface area (Å²) in [6.45, 7) is 4.03. The maximum atomic E-state index is 11.7. The predicted octanol–water partition coefficient (Wildman–Crippen LogP) is 4.29. The summed E-state index contributed by atoms with van der Waals surface area (Å²) in [6.07, 6.45) is 0.509. The Bertz CT molecular complexity index is 684. The molecule has 0 aliphatic carbocycles. The average molecular weight is 293 g/mol. The number of rotatable bonds is 5. The summed E-state index contributed by atoms with van der Waals surface area (Å²) in [5, 5.41) is 15.1. The highest BCUT2D eigenvalue weighted by molar-refractivity contribution is 5.91. The Morgan fingerprint density at radius 2 is 1.73 bits per heavy atom. The molecular weight excluding hydrogens is 274 g/mol. The second-order valence-electron chi connectivity index (χ2n) is 5.51. The monoisotopic (exact) mass is 293 g/mol. The Balaban J connectivity index is 2.03. The zero-order valence-electron chi connectivity index (χ0n) is 12.8. The molecule has 0 atom stereocenters. The fourth-order valence-corrected chi connectivity index (χ4v) is 2.06. The molecule has 0 fully saturated rings. The first-order chi connectivity index (χ1) is 10.6. The summed E-state index contributed by atoms with van der Waals surface area (Å²) in [5.41, 5.74) is 2.99. The maximum Gasteiger partial charge on any atom is 0.224 e. The van der Waals surface area contributed by atoms with Gasteiger partial charge in [-0.3, -0.25) is 4.79 Å². The normalized spacial score (nSPS) is 10.1. The predicted molar refractivity (Wildman–Crippen MR) is 89.0 cm³/mol. The molecule has 1 amide bonds. The number of para-hydroxylation sites is 1. The molecular formula is C18H19N3O. The van der Waals surface area contributed by atoms with E-state index in [1.807, 2.05) is 56.3 Å². The van der Waals surface area contributed by atoms with Crippen LogP contribution < -0.4 is 10.6 Å². The van der Waals surface area contributed by atoms with E-state index in [9.17, 15) is 4.79 Å². The van der Waals surface area contributed by atoms with Crippen molar-refractivity contribution in [3.8, 4) is 6.07 Å². The van der Waals surface area contributed by atoms with Crippen LogP contribution in [-0.4, -0.2) is 5.91 Å². The number of nitriles is 1. The third-order valence-corrected chi connectivity index (χ3v) is 3.09. The molecule has 0 saturated heterocycles. The first-order valence-corrected chi connectivity index (χ1v) is 7.24. The first kappa shape index (κ1) is 15.6. The molecule has 0 aliphatic heterocycles. The van der Waals surface area contributed by atoms with E-state index >= 15 is 0 Å². The third kappa shape index (κ3) is 4.35. The van der Waals surface area contributed by atoms with Gasteiger partial charge in [-0.05, 0) is 42.3 Å². The molecule has 0 bridgehead atoms. The van der Waals surface area contributed by atoms with Gasteiger partial charge in [-0.15, -0.1) is 0 Å². The highest BCUT2D eigenvalue weighted by Crippen LogP contribution is 2.21. The Labute approximate surface area is 130 Å². The minimum Gasteiger partial charge on any atom is -0.354 e. The third-order valence-electron chi connectivity index (χ3n) is 3.09. The molecule has 2 aromatic carbocycles. The number of carbonyl (C=O) groups excluding carboxylic acids is 1. The van der Waals surface area contributed by atoms with Gasteiger partial charge in [-0.25, -0.2) is 0 Å². The van der Waals surface area contributed by atoms with Crippen LogP contribution in [0.3, 0.4) is 0 Å². The smallest absolute Gasteiger partial charge is 0.224 e. The molecule has 2 aromatic rings. The summed E-state index contributed by atoms with van der Waals surface area (Å²) in [6, 6.07) is 16.9. The molecule has 0 aromatic heterocycles. The molecule has 0 radical (unpaired) electrons. The van der Waals surface area contributed by atoms with Gasteiger partial charge in [-0.1, -0.05) is 26.0 Å². The lowest BCUT2D eigenvalue weighted by Gasteiger charge is -2.10. The van der Waals surface area contributed by atoms with Crippen molar-refractivity contribution in [2.75, 3.05) is 10.6 Å². The van der Waals surface area contributed by atoms with Crippen molar-refractivity contribution in [1.29, 1.82) is 5.26 Å². The zero-order valence-corrected chi connectivity index (χ0v) is 12.8. The molecule has 0 saturated carbocycles. The van der Waals surface area contributed by atoms with E-state index in [1.165, 1.54) is 0 Å². The standard InChI is InChI=1S/C18H19N3O/c1-13(2)11-18(22)21-16-9-7-15(8-10-16)20-17-6-4-3-5-14(17)12-19/h3-10,13,20H,11H2,1-2H3,(H,21,22). The fraction of sp³-hybridized carbons (Fsp3) is 0.222. The lowest BCUT2D eigenvalue weighted by Crippen LogP contribution is -2.13. The van der Waals surface area contributed by atoms with Crippen molar-refractivity contribution in [3.63, 3.8) is 0 Å². The fourth-order valence-electron chi connectivity index (χ4n) is 2.06. The molecule has 4 heteroatoms. The molecule has 0 aliphatic rings. The minimum absolute atomic E-state index is 0.0190. The Hall–Kier alpha value is -2.80. The van der Waals surface area contributed by atoms with Crippen LogP contribution in [0.4, 0.5) is 17.1 Å². The first-order valence-electron chi connectivity index (χ1n) is 7.24. The van der Waals surface area contributed by atoms with Gasteiger partial charge >= 0.3 is 0 Å². The van der Waals surface area contributed by atoms with Crippen LogP contribution in [-0.2, 0) is 4.79 Å². The molecule has 22 heavy (non-hydrogen) atoms. The van der Waals surface area contributed by atoms with Gasteiger partial charge in [0, 0.05) is 17.8 Å². The highest BCUT2D eigenvalue weighted by Gasteiger charge is 2.05.